The van der Waals surface area contributed by atoms with E-state index in [-0.39, 0.29) is 29.1 Å². The maximum atomic E-state index is 11.4. The zero-order chi connectivity index (χ0) is 24.1. The molecule has 0 amide bonds. The Kier molecular flexibility index (Phi) is 7.59. The van der Waals surface area contributed by atoms with Gasteiger partial charge in [-0.15, -0.1) is 0 Å². The number of ether oxygens (including phenoxy) is 1. The molecule has 0 aliphatic heterocycles. The van der Waals surface area contributed by atoms with Crippen LogP contribution in [-0.4, -0.2) is 44.6 Å². The smallest absolute Gasteiger partial charge is 0.229 e. The third-order valence-electron chi connectivity index (χ3n) is 5.11. The van der Waals surface area contributed by atoms with E-state index in [1.165, 1.54) is 34.5 Å². The predicted octanol–water partition coefficient (Wildman–Crippen LogP) is 3.43. The molecule has 7 nitrogen and oxygen atoms in total. The molecule has 0 heterocycles. The predicted molar refractivity (Wildman–Crippen MR) is 131 cm³/mol. The Morgan fingerprint density at radius 1 is 1.09 bits per heavy atom. The van der Waals surface area contributed by atoms with Crippen molar-refractivity contribution in [2.75, 3.05) is 24.1 Å². The minimum atomic E-state index is -3.44. The Morgan fingerprint density at radius 2 is 1.82 bits per heavy atom. The minimum Gasteiger partial charge on any atom is -0.489 e. The fourth-order valence-electron chi connectivity index (χ4n) is 3.58. The van der Waals surface area contributed by atoms with Crippen LogP contribution in [0.15, 0.2) is 60.7 Å². The molecule has 3 aromatic carbocycles. The van der Waals surface area contributed by atoms with E-state index in [9.17, 15) is 18.8 Å². The van der Waals surface area contributed by atoms with E-state index in [2.05, 4.69) is 54.2 Å². The van der Waals surface area contributed by atoms with Crippen molar-refractivity contribution in [3.05, 3.63) is 71.8 Å². The maximum Gasteiger partial charge on any atom is 0.229 e. The second-order valence-corrected chi connectivity index (χ2v) is 10.5. The molecular formula is C25H29N3O4S. The molecule has 33 heavy (non-hydrogen) atoms. The molecular weight excluding hydrogens is 438 g/mol. The Morgan fingerprint density at radius 3 is 2.52 bits per heavy atom. The van der Waals surface area contributed by atoms with Crippen LogP contribution in [0.1, 0.15) is 25.0 Å². The first-order chi connectivity index (χ1) is 15.5. The summed E-state index contributed by atoms with van der Waals surface area (Å²) in [6, 6.07) is 21.1. The number of nitrogens with one attached hydrogen (secondary N) is 2. The van der Waals surface area contributed by atoms with Gasteiger partial charge in [0.05, 0.1) is 17.5 Å². The second-order valence-electron chi connectivity index (χ2n) is 8.78. The topological polar surface area (TPSA) is 111 Å². The number of anilines is 1. The van der Waals surface area contributed by atoms with Gasteiger partial charge in [-0.1, -0.05) is 42.5 Å². The van der Waals surface area contributed by atoms with Gasteiger partial charge in [0.15, 0.2) is 0 Å². The second kappa shape index (κ2) is 10.2. The fourth-order valence-corrected chi connectivity index (χ4v) is 4.14. The average Bonchev–Trinajstić information content (AvgIpc) is 2.75. The molecule has 0 spiro atoms. The quantitative estimate of drug-likeness (QED) is 0.421. The van der Waals surface area contributed by atoms with Crippen LogP contribution < -0.4 is 14.8 Å². The molecule has 0 bridgehead atoms. The highest BCUT2D eigenvalue weighted by Gasteiger charge is 2.20. The molecule has 0 radical (unpaired) electrons. The summed E-state index contributed by atoms with van der Waals surface area (Å²) in [6.45, 7) is 4.47. The highest BCUT2D eigenvalue weighted by molar-refractivity contribution is 7.92. The molecule has 0 fully saturated rings. The van der Waals surface area contributed by atoms with Gasteiger partial charge in [0.2, 0.25) is 10.0 Å². The monoisotopic (exact) mass is 467 g/mol. The number of β-amino-alcohol motifs (C(OH)–C–C–N with tert-alkyl or cyclic N) is 1. The van der Waals surface area contributed by atoms with Gasteiger partial charge >= 0.3 is 0 Å². The van der Waals surface area contributed by atoms with E-state index in [0.717, 1.165) is 12.7 Å². The molecule has 1 unspecified atom stereocenters. The summed E-state index contributed by atoms with van der Waals surface area (Å²) in [5.74, 6) is 0.283. The van der Waals surface area contributed by atoms with Crippen LogP contribution in [0.4, 0.5) is 5.69 Å². The first-order valence-corrected chi connectivity index (χ1v) is 12.5. The third kappa shape index (κ3) is 7.46. The SMILES string of the molecule is CC(C)(Cc1ccc2ccccc2c1)NCC(O)COc1ccc(NS(C)(=O)=O)cc1C#N. The number of benzene rings is 3. The van der Waals surface area contributed by atoms with E-state index >= 15 is 0 Å². The van der Waals surface area contributed by atoms with Crippen LogP contribution in [0, 0.1) is 11.3 Å². The fraction of sp³-hybridized carbons (Fsp3) is 0.320. The van der Waals surface area contributed by atoms with Crippen molar-refractivity contribution in [1.29, 1.82) is 5.26 Å². The Labute approximate surface area is 195 Å². The summed E-state index contributed by atoms with van der Waals surface area (Å²) in [6.07, 6.45) is 1.04. The van der Waals surface area contributed by atoms with Gasteiger partial charge in [-0.05, 0) is 54.8 Å². The molecule has 0 aliphatic carbocycles. The lowest BCUT2D eigenvalue weighted by atomic mass is 9.93. The van der Waals surface area contributed by atoms with Crippen molar-refractivity contribution in [2.24, 2.45) is 0 Å². The normalized spacial score (nSPS) is 12.8. The third-order valence-corrected chi connectivity index (χ3v) is 5.72. The lowest BCUT2D eigenvalue weighted by molar-refractivity contribution is 0.0987. The van der Waals surface area contributed by atoms with Crippen molar-refractivity contribution < 1.29 is 18.3 Å². The van der Waals surface area contributed by atoms with Crippen molar-refractivity contribution in [3.8, 4) is 11.8 Å². The van der Waals surface area contributed by atoms with Crippen LogP contribution >= 0.6 is 0 Å². The number of nitrogens with zero attached hydrogens (tertiary/aromatic N) is 1. The molecule has 0 aliphatic rings. The number of hydrogen-bond acceptors (Lipinski definition) is 6. The molecule has 0 aromatic heterocycles. The zero-order valence-corrected chi connectivity index (χ0v) is 19.8. The summed E-state index contributed by atoms with van der Waals surface area (Å²) in [5.41, 5.74) is 1.41. The van der Waals surface area contributed by atoms with E-state index in [0.29, 0.717) is 6.54 Å². The van der Waals surface area contributed by atoms with Crippen LogP contribution in [0.25, 0.3) is 10.8 Å². The number of sulfonamides is 1. The highest BCUT2D eigenvalue weighted by Crippen LogP contribution is 2.23. The molecule has 3 aromatic rings. The van der Waals surface area contributed by atoms with E-state index in [4.69, 9.17) is 4.74 Å². The molecule has 8 heteroatoms. The Balaban J connectivity index is 1.53. The van der Waals surface area contributed by atoms with Crippen molar-refractivity contribution in [3.63, 3.8) is 0 Å². The van der Waals surface area contributed by atoms with Crippen LogP contribution in [0.5, 0.6) is 5.75 Å². The largest absolute Gasteiger partial charge is 0.489 e. The van der Waals surface area contributed by atoms with Gasteiger partial charge in [0.1, 0.15) is 24.5 Å². The van der Waals surface area contributed by atoms with Crippen molar-refractivity contribution >= 4 is 26.5 Å². The van der Waals surface area contributed by atoms with Crippen LogP contribution in [0.3, 0.4) is 0 Å². The number of hydrogen-bond donors (Lipinski definition) is 3. The summed E-state index contributed by atoms with van der Waals surface area (Å²) in [7, 11) is -3.44. The van der Waals surface area contributed by atoms with Gasteiger partial charge in [-0.2, -0.15) is 5.26 Å². The van der Waals surface area contributed by atoms with E-state index in [1.807, 2.05) is 18.2 Å². The van der Waals surface area contributed by atoms with Crippen LogP contribution in [-0.2, 0) is 16.4 Å². The summed E-state index contributed by atoms with van der Waals surface area (Å²) >= 11 is 0. The van der Waals surface area contributed by atoms with Crippen molar-refractivity contribution in [2.45, 2.75) is 31.9 Å². The van der Waals surface area contributed by atoms with Crippen LogP contribution in [0.2, 0.25) is 0 Å². The summed E-state index contributed by atoms with van der Waals surface area (Å²) < 4.78 is 30.7. The van der Waals surface area contributed by atoms with Gasteiger partial charge in [0.25, 0.3) is 0 Å². The molecule has 1 atom stereocenters. The lowest BCUT2D eigenvalue weighted by Gasteiger charge is -2.28. The number of aliphatic hydroxyl groups excluding tert-OH is 1. The molecule has 0 saturated carbocycles. The van der Waals surface area contributed by atoms with Gasteiger partial charge in [0, 0.05) is 12.1 Å². The van der Waals surface area contributed by atoms with E-state index < -0.39 is 16.1 Å². The number of nitriles is 1. The summed E-state index contributed by atoms with van der Waals surface area (Å²) in [5, 5.41) is 25.5. The Hall–Kier alpha value is -3.12. The minimum absolute atomic E-state index is 0.00735. The Bertz CT molecular complexity index is 1270. The molecule has 3 rings (SSSR count). The zero-order valence-electron chi connectivity index (χ0n) is 19.0. The summed E-state index contributed by atoms with van der Waals surface area (Å²) in [4.78, 5) is 0. The lowest BCUT2D eigenvalue weighted by Crippen LogP contribution is -2.46. The first-order valence-electron chi connectivity index (χ1n) is 10.6. The first kappa shape index (κ1) is 24.5. The van der Waals surface area contributed by atoms with Gasteiger partial charge < -0.3 is 15.2 Å². The number of fused-ring (bicyclic) bond motifs is 1. The molecule has 3 N–H and O–H groups in total. The van der Waals surface area contributed by atoms with Crippen molar-refractivity contribution in [1.82, 2.24) is 5.32 Å². The number of rotatable bonds is 10. The molecule has 0 saturated heterocycles. The maximum absolute atomic E-state index is 11.4. The van der Waals surface area contributed by atoms with Gasteiger partial charge in [-0.3, -0.25) is 4.72 Å². The number of aliphatic hydroxyl groups is 1. The highest BCUT2D eigenvalue weighted by atomic mass is 32.2. The van der Waals surface area contributed by atoms with E-state index in [1.54, 1.807) is 0 Å². The standard InChI is InChI=1S/C25H29N3O4S/c1-25(2,14-18-8-9-19-6-4-5-7-20(19)12-18)27-16-23(29)17-32-24-11-10-22(13-21(24)15-26)28-33(3,30)31/h4-13,23,27-29H,14,16-17H2,1-3H3. The van der Waals surface area contributed by atoms with Gasteiger partial charge in [-0.25, -0.2) is 8.42 Å². The molecule has 174 valence electrons. The average molecular weight is 468 g/mol.